The first-order valence-electron chi connectivity index (χ1n) is 5.11. The van der Waals surface area contributed by atoms with E-state index in [1.807, 2.05) is 12.1 Å². The summed E-state index contributed by atoms with van der Waals surface area (Å²) in [5.41, 5.74) is 1.15. The number of phenolic OH excluding ortho intramolecular Hbond substituents is 1. The summed E-state index contributed by atoms with van der Waals surface area (Å²) in [5, 5.41) is 10.5. The molecule has 0 fully saturated rings. The Labute approximate surface area is 97.6 Å². The molecule has 3 rings (SSSR count). The van der Waals surface area contributed by atoms with Gasteiger partial charge in [0, 0.05) is 9.58 Å². The Morgan fingerprint density at radius 2 is 1.62 bits per heavy atom. The van der Waals surface area contributed by atoms with Crippen LogP contribution in [0.15, 0.2) is 54.6 Å². The number of aromatic hydroxyl groups is 1. The van der Waals surface area contributed by atoms with Crippen LogP contribution in [0.5, 0.6) is 5.75 Å². The molecule has 16 heavy (non-hydrogen) atoms. The number of phenols is 1. The van der Waals surface area contributed by atoms with Gasteiger partial charge in [-0.3, -0.25) is 0 Å². The Hall–Kier alpha value is -1.80. The van der Waals surface area contributed by atoms with E-state index in [0.29, 0.717) is 5.75 Å². The fraction of sp³-hybridized carbons (Fsp3) is 0. The van der Waals surface area contributed by atoms with E-state index in [2.05, 4.69) is 30.3 Å². The van der Waals surface area contributed by atoms with Crippen molar-refractivity contribution in [2.24, 2.45) is 0 Å². The molecule has 0 aliphatic heterocycles. The van der Waals surface area contributed by atoms with Gasteiger partial charge in [0.15, 0.2) is 0 Å². The summed E-state index contributed by atoms with van der Waals surface area (Å²) in [6.07, 6.45) is 0. The van der Waals surface area contributed by atoms with Crippen LogP contribution in [0.4, 0.5) is 0 Å². The summed E-state index contributed by atoms with van der Waals surface area (Å²) >= 11 is 1.77. The molecule has 0 saturated carbocycles. The normalized spacial score (nSPS) is 10.8. The molecule has 0 atom stereocenters. The smallest absolute Gasteiger partial charge is 0.115 e. The monoisotopic (exact) mass is 226 g/mol. The van der Waals surface area contributed by atoms with Gasteiger partial charge in [-0.2, -0.15) is 0 Å². The van der Waals surface area contributed by atoms with E-state index in [1.165, 1.54) is 15.0 Å². The number of hydrogen-bond acceptors (Lipinski definition) is 2. The Balaban J connectivity index is 2.15. The molecule has 1 N–H and O–H groups in total. The van der Waals surface area contributed by atoms with Crippen LogP contribution in [0.1, 0.15) is 0 Å². The molecule has 1 heterocycles. The van der Waals surface area contributed by atoms with Crippen molar-refractivity contribution in [2.75, 3.05) is 0 Å². The average molecular weight is 226 g/mol. The standard InChI is InChI=1S/C14H10OS/c15-12-7-5-10(6-8-12)14-9-11-3-1-2-4-13(11)16-14/h1-9,15H. The second-order valence-corrected chi connectivity index (χ2v) is 4.78. The maximum atomic E-state index is 9.25. The molecule has 0 saturated heterocycles. The van der Waals surface area contributed by atoms with E-state index in [1.54, 1.807) is 23.5 Å². The lowest BCUT2D eigenvalue weighted by molar-refractivity contribution is 0.475. The largest absolute Gasteiger partial charge is 0.508 e. The van der Waals surface area contributed by atoms with Crippen LogP contribution in [-0.2, 0) is 0 Å². The number of hydrogen-bond donors (Lipinski definition) is 1. The topological polar surface area (TPSA) is 20.2 Å². The first kappa shape index (κ1) is 9.43. The lowest BCUT2D eigenvalue weighted by atomic mass is 10.1. The molecular formula is C14H10OS. The van der Waals surface area contributed by atoms with E-state index in [4.69, 9.17) is 0 Å². The van der Waals surface area contributed by atoms with Gasteiger partial charge in [0.1, 0.15) is 5.75 Å². The van der Waals surface area contributed by atoms with Crippen molar-refractivity contribution >= 4 is 21.4 Å². The van der Waals surface area contributed by atoms with Crippen molar-refractivity contribution in [1.82, 2.24) is 0 Å². The lowest BCUT2D eigenvalue weighted by Gasteiger charge is -1.96. The molecule has 78 valence electrons. The summed E-state index contributed by atoms with van der Waals surface area (Å²) < 4.78 is 1.30. The van der Waals surface area contributed by atoms with E-state index < -0.39 is 0 Å². The average Bonchev–Trinajstić information content (AvgIpc) is 2.73. The van der Waals surface area contributed by atoms with Crippen LogP contribution >= 0.6 is 11.3 Å². The van der Waals surface area contributed by atoms with Gasteiger partial charge in [0.25, 0.3) is 0 Å². The highest BCUT2D eigenvalue weighted by Gasteiger charge is 2.03. The lowest BCUT2D eigenvalue weighted by Crippen LogP contribution is -1.69. The SMILES string of the molecule is Oc1ccc(-c2cc3ccccc3s2)cc1. The van der Waals surface area contributed by atoms with Gasteiger partial charge in [0.05, 0.1) is 0 Å². The molecule has 0 unspecified atom stereocenters. The van der Waals surface area contributed by atoms with Crippen LogP contribution in [-0.4, -0.2) is 5.11 Å². The van der Waals surface area contributed by atoms with Gasteiger partial charge in [0.2, 0.25) is 0 Å². The quantitative estimate of drug-likeness (QED) is 0.656. The molecule has 0 amide bonds. The molecule has 0 aliphatic rings. The first-order valence-corrected chi connectivity index (χ1v) is 5.92. The fourth-order valence-electron chi connectivity index (χ4n) is 1.75. The fourth-order valence-corrected chi connectivity index (χ4v) is 2.82. The molecular weight excluding hydrogens is 216 g/mol. The summed E-state index contributed by atoms with van der Waals surface area (Å²) in [6, 6.07) is 17.9. The van der Waals surface area contributed by atoms with E-state index >= 15 is 0 Å². The first-order chi connectivity index (χ1) is 7.83. The molecule has 3 aromatic rings. The Bertz CT molecular complexity index is 590. The summed E-state index contributed by atoms with van der Waals surface area (Å²) in [6.45, 7) is 0. The number of fused-ring (bicyclic) bond motifs is 1. The maximum absolute atomic E-state index is 9.25. The molecule has 0 bridgehead atoms. The van der Waals surface area contributed by atoms with Crippen molar-refractivity contribution < 1.29 is 5.11 Å². The van der Waals surface area contributed by atoms with Crippen molar-refractivity contribution in [1.29, 1.82) is 0 Å². The van der Waals surface area contributed by atoms with Gasteiger partial charge in [-0.15, -0.1) is 11.3 Å². The molecule has 0 aliphatic carbocycles. The molecule has 0 radical (unpaired) electrons. The van der Waals surface area contributed by atoms with E-state index in [-0.39, 0.29) is 0 Å². The van der Waals surface area contributed by atoms with E-state index in [9.17, 15) is 5.11 Å². The highest BCUT2D eigenvalue weighted by molar-refractivity contribution is 7.22. The van der Waals surface area contributed by atoms with Gasteiger partial charge < -0.3 is 5.11 Å². The summed E-state index contributed by atoms with van der Waals surface area (Å²) in [4.78, 5) is 1.24. The minimum atomic E-state index is 0.310. The van der Waals surface area contributed by atoms with Crippen LogP contribution < -0.4 is 0 Å². The number of thiophene rings is 1. The summed E-state index contributed by atoms with van der Waals surface area (Å²) in [7, 11) is 0. The van der Waals surface area contributed by atoms with Crippen molar-refractivity contribution in [3.63, 3.8) is 0 Å². The molecule has 1 aromatic heterocycles. The third kappa shape index (κ3) is 1.57. The molecule has 2 heteroatoms. The van der Waals surface area contributed by atoms with Gasteiger partial charge in [-0.25, -0.2) is 0 Å². The minimum Gasteiger partial charge on any atom is -0.508 e. The van der Waals surface area contributed by atoms with E-state index in [0.717, 1.165) is 5.56 Å². The molecule has 0 spiro atoms. The highest BCUT2D eigenvalue weighted by Crippen LogP contribution is 2.33. The Kier molecular flexibility index (Phi) is 2.15. The maximum Gasteiger partial charge on any atom is 0.115 e. The number of benzene rings is 2. The van der Waals surface area contributed by atoms with Crippen LogP contribution in [0, 0.1) is 0 Å². The second-order valence-electron chi connectivity index (χ2n) is 3.70. The van der Waals surface area contributed by atoms with Crippen LogP contribution in [0.3, 0.4) is 0 Å². The van der Waals surface area contributed by atoms with Gasteiger partial charge in [-0.1, -0.05) is 18.2 Å². The third-order valence-corrected chi connectivity index (χ3v) is 3.74. The molecule has 1 nitrogen and oxygen atoms in total. The molecule has 2 aromatic carbocycles. The predicted molar refractivity (Wildman–Crippen MR) is 68.9 cm³/mol. The van der Waals surface area contributed by atoms with Crippen molar-refractivity contribution in [3.05, 3.63) is 54.6 Å². The van der Waals surface area contributed by atoms with Gasteiger partial charge in [-0.05, 0) is 47.3 Å². The third-order valence-electron chi connectivity index (χ3n) is 2.58. The predicted octanol–water partition coefficient (Wildman–Crippen LogP) is 4.27. The zero-order valence-corrected chi connectivity index (χ0v) is 9.37. The zero-order valence-electron chi connectivity index (χ0n) is 8.55. The van der Waals surface area contributed by atoms with Crippen molar-refractivity contribution in [3.8, 4) is 16.2 Å². The number of rotatable bonds is 1. The van der Waals surface area contributed by atoms with Crippen molar-refractivity contribution in [2.45, 2.75) is 0 Å². The van der Waals surface area contributed by atoms with Gasteiger partial charge >= 0.3 is 0 Å². The van der Waals surface area contributed by atoms with Crippen LogP contribution in [0.2, 0.25) is 0 Å². The highest BCUT2D eigenvalue weighted by atomic mass is 32.1. The Morgan fingerprint density at radius 3 is 2.38 bits per heavy atom. The second kappa shape index (κ2) is 3.65. The zero-order chi connectivity index (χ0) is 11.0. The summed E-state index contributed by atoms with van der Waals surface area (Å²) in [5.74, 6) is 0.310. The van der Waals surface area contributed by atoms with Crippen LogP contribution in [0.25, 0.3) is 20.5 Å². The minimum absolute atomic E-state index is 0.310. The Morgan fingerprint density at radius 1 is 0.875 bits per heavy atom.